The molecule has 0 radical (unpaired) electrons. The molecule has 4 aromatic heterocycles. The van der Waals surface area contributed by atoms with Gasteiger partial charge in [-0.25, -0.2) is 9.67 Å². The van der Waals surface area contributed by atoms with Crippen molar-refractivity contribution < 1.29 is 0 Å². The number of nitrogens with one attached hydrogen (secondary N) is 1. The Hall–Kier alpha value is -3.88. The van der Waals surface area contributed by atoms with Crippen molar-refractivity contribution in [3.8, 4) is 11.3 Å². The number of hydrogen-bond donors (Lipinski definition) is 1. The van der Waals surface area contributed by atoms with Gasteiger partial charge < -0.3 is 5.32 Å². The number of hydrogen-bond acceptors (Lipinski definition) is 7. The molecule has 9 heteroatoms. The van der Waals surface area contributed by atoms with Crippen LogP contribution in [0.2, 0.25) is 0 Å². The molecule has 1 fully saturated rings. The van der Waals surface area contributed by atoms with Gasteiger partial charge in [-0.2, -0.15) is 10.1 Å². The summed E-state index contributed by atoms with van der Waals surface area (Å²) in [6.07, 6.45) is 8.38. The lowest BCUT2D eigenvalue weighted by Crippen LogP contribution is -2.34. The van der Waals surface area contributed by atoms with Crippen molar-refractivity contribution in [1.82, 2.24) is 29.3 Å². The average Bonchev–Trinajstić information content (AvgIpc) is 2.84. The van der Waals surface area contributed by atoms with Gasteiger partial charge in [0.2, 0.25) is 5.95 Å². The quantitative estimate of drug-likeness (QED) is 0.531. The van der Waals surface area contributed by atoms with Crippen LogP contribution in [0.15, 0.2) is 64.6 Å². The molecule has 5 rings (SSSR count). The van der Waals surface area contributed by atoms with Crippen molar-refractivity contribution >= 4 is 17.0 Å². The zero-order valence-electron chi connectivity index (χ0n) is 17.7. The molecule has 0 aromatic carbocycles. The standard InChI is InChI=1S/C23H23N7O2/c1-29-22(32)18-5-3-13-25-21(18)27-23(29)26-16-6-8-17(9-7-16)30-20(31)11-10-19(28-30)15-4-2-12-24-14-15/h2-5,10-14,16-17H,6-9H2,1H3,(H,25,26,27). The van der Waals surface area contributed by atoms with Crippen LogP contribution in [0.4, 0.5) is 5.95 Å². The van der Waals surface area contributed by atoms with Crippen LogP contribution in [0.3, 0.4) is 0 Å². The molecule has 0 unspecified atom stereocenters. The van der Waals surface area contributed by atoms with Gasteiger partial charge in [-0.05, 0) is 56.0 Å². The fraction of sp³-hybridized carbons (Fsp3) is 0.304. The molecule has 9 nitrogen and oxygen atoms in total. The second-order valence-corrected chi connectivity index (χ2v) is 8.07. The summed E-state index contributed by atoms with van der Waals surface area (Å²) in [5.41, 5.74) is 1.84. The minimum Gasteiger partial charge on any atom is -0.353 e. The zero-order valence-corrected chi connectivity index (χ0v) is 17.7. The normalized spacial score (nSPS) is 18.5. The minimum atomic E-state index is -0.123. The number of pyridine rings is 2. The molecule has 0 amide bonds. The van der Waals surface area contributed by atoms with Gasteiger partial charge in [0.05, 0.1) is 17.1 Å². The molecule has 4 heterocycles. The van der Waals surface area contributed by atoms with Gasteiger partial charge in [0, 0.05) is 43.3 Å². The van der Waals surface area contributed by atoms with Gasteiger partial charge >= 0.3 is 0 Å². The van der Waals surface area contributed by atoms with Crippen LogP contribution in [0.1, 0.15) is 31.7 Å². The lowest BCUT2D eigenvalue weighted by Gasteiger charge is -2.30. The zero-order chi connectivity index (χ0) is 22.1. The molecule has 0 spiro atoms. The molecule has 1 aliphatic carbocycles. The molecule has 0 aliphatic heterocycles. The Morgan fingerprint density at radius 2 is 1.81 bits per heavy atom. The Labute approximate surface area is 183 Å². The van der Waals surface area contributed by atoms with Gasteiger partial charge in [-0.1, -0.05) is 0 Å². The third-order valence-corrected chi connectivity index (χ3v) is 6.01. The fourth-order valence-corrected chi connectivity index (χ4v) is 4.24. The Morgan fingerprint density at radius 1 is 1.00 bits per heavy atom. The molecule has 0 atom stereocenters. The van der Waals surface area contributed by atoms with E-state index in [0.29, 0.717) is 17.0 Å². The maximum absolute atomic E-state index is 12.6. The van der Waals surface area contributed by atoms with Crippen molar-refractivity contribution in [2.45, 2.75) is 37.8 Å². The Bertz CT molecular complexity index is 1370. The molecule has 1 saturated carbocycles. The molecular weight excluding hydrogens is 406 g/mol. The summed E-state index contributed by atoms with van der Waals surface area (Å²) in [6, 6.07) is 10.8. The van der Waals surface area contributed by atoms with Crippen molar-refractivity contribution in [2.24, 2.45) is 7.05 Å². The lowest BCUT2D eigenvalue weighted by atomic mass is 9.91. The first-order valence-corrected chi connectivity index (χ1v) is 10.7. The van der Waals surface area contributed by atoms with Gasteiger partial charge in [0.1, 0.15) is 0 Å². The van der Waals surface area contributed by atoms with E-state index in [-0.39, 0.29) is 23.2 Å². The van der Waals surface area contributed by atoms with Crippen molar-refractivity contribution in [1.29, 1.82) is 0 Å². The van der Waals surface area contributed by atoms with Crippen molar-refractivity contribution in [3.05, 3.63) is 75.7 Å². The SMILES string of the molecule is Cn1c(NC2CCC(n3nc(-c4cccnc4)ccc3=O)CC2)nc2ncccc2c1=O. The molecule has 0 saturated heterocycles. The van der Waals surface area contributed by atoms with Gasteiger partial charge in [-0.15, -0.1) is 0 Å². The predicted octanol–water partition coefficient (Wildman–Crippen LogP) is 2.54. The highest BCUT2D eigenvalue weighted by Gasteiger charge is 2.25. The van der Waals surface area contributed by atoms with Crippen LogP contribution in [-0.4, -0.2) is 35.3 Å². The summed E-state index contributed by atoms with van der Waals surface area (Å²) in [5, 5.41) is 8.52. The van der Waals surface area contributed by atoms with Gasteiger partial charge in [0.25, 0.3) is 11.1 Å². The smallest absolute Gasteiger partial charge is 0.267 e. The molecule has 1 aliphatic rings. The van der Waals surface area contributed by atoms with Crippen LogP contribution >= 0.6 is 0 Å². The number of fused-ring (bicyclic) bond motifs is 1. The van der Waals surface area contributed by atoms with Crippen molar-refractivity contribution in [3.63, 3.8) is 0 Å². The summed E-state index contributed by atoms with van der Waals surface area (Å²) in [4.78, 5) is 38.0. The highest BCUT2D eigenvalue weighted by atomic mass is 16.1. The Morgan fingerprint density at radius 3 is 2.59 bits per heavy atom. The summed E-state index contributed by atoms with van der Waals surface area (Å²) < 4.78 is 3.13. The van der Waals surface area contributed by atoms with E-state index in [9.17, 15) is 9.59 Å². The summed E-state index contributed by atoms with van der Waals surface area (Å²) in [6.45, 7) is 0. The highest BCUT2D eigenvalue weighted by molar-refractivity contribution is 5.74. The number of anilines is 1. The topological polar surface area (TPSA) is 108 Å². The summed E-state index contributed by atoms with van der Waals surface area (Å²) in [7, 11) is 1.71. The Balaban J connectivity index is 1.32. The van der Waals surface area contributed by atoms with Crippen LogP contribution < -0.4 is 16.4 Å². The van der Waals surface area contributed by atoms with Crippen molar-refractivity contribution in [2.75, 3.05) is 5.32 Å². The monoisotopic (exact) mass is 429 g/mol. The second kappa shape index (κ2) is 8.33. The first kappa shape index (κ1) is 20.0. The third-order valence-electron chi connectivity index (χ3n) is 6.01. The third kappa shape index (κ3) is 3.77. The highest BCUT2D eigenvalue weighted by Crippen LogP contribution is 2.29. The Kier molecular flexibility index (Phi) is 5.22. The summed E-state index contributed by atoms with van der Waals surface area (Å²) in [5.74, 6) is 0.513. The largest absolute Gasteiger partial charge is 0.353 e. The second-order valence-electron chi connectivity index (χ2n) is 8.07. The van der Waals surface area contributed by atoms with Crippen LogP contribution in [-0.2, 0) is 7.05 Å². The van der Waals surface area contributed by atoms with Gasteiger partial charge in [-0.3, -0.25) is 19.1 Å². The van der Waals surface area contributed by atoms with E-state index >= 15 is 0 Å². The van der Waals surface area contributed by atoms with E-state index in [2.05, 4.69) is 25.4 Å². The first-order chi connectivity index (χ1) is 15.6. The van der Waals surface area contributed by atoms with Gasteiger partial charge in [0.15, 0.2) is 5.65 Å². The van der Waals surface area contributed by atoms with Crippen LogP contribution in [0.25, 0.3) is 22.3 Å². The number of aromatic nitrogens is 6. The summed E-state index contributed by atoms with van der Waals surface area (Å²) >= 11 is 0. The molecule has 4 aromatic rings. The van der Waals surface area contributed by atoms with E-state index in [1.807, 2.05) is 12.1 Å². The predicted molar refractivity (Wildman–Crippen MR) is 121 cm³/mol. The maximum atomic E-state index is 12.6. The lowest BCUT2D eigenvalue weighted by molar-refractivity contribution is 0.303. The first-order valence-electron chi connectivity index (χ1n) is 10.7. The molecule has 1 N–H and O–H groups in total. The van der Waals surface area contributed by atoms with E-state index in [4.69, 9.17) is 0 Å². The van der Waals surface area contributed by atoms with Crippen LogP contribution in [0, 0.1) is 0 Å². The minimum absolute atomic E-state index is 0.0345. The molecular formula is C23H23N7O2. The fourth-order valence-electron chi connectivity index (χ4n) is 4.24. The average molecular weight is 429 g/mol. The number of nitrogens with zero attached hydrogens (tertiary/aromatic N) is 6. The van der Waals surface area contributed by atoms with E-state index < -0.39 is 0 Å². The molecule has 162 valence electrons. The molecule has 0 bridgehead atoms. The number of rotatable bonds is 4. The van der Waals surface area contributed by atoms with E-state index in [1.54, 1.807) is 54.6 Å². The van der Waals surface area contributed by atoms with E-state index in [0.717, 1.165) is 36.9 Å². The maximum Gasteiger partial charge on any atom is 0.267 e. The molecule has 32 heavy (non-hydrogen) atoms. The van der Waals surface area contributed by atoms with E-state index in [1.165, 1.54) is 4.57 Å². The van der Waals surface area contributed by atoms with Crippen LogP contribution in [0.5, 0.6) is 0 Å².